The average Bonchev–Trinajstić information content (AvgIpc) is 2.75. The van der Waals surface area contributed by atoms with E-state index in [1.54, 1.807) is 0 Å². The summed E-state index contributed by atoms with van der Waals surface area (Å²) < 4.78 is 4.71. The van der Waals surface area contributed by atoms with Gasteiger partial charge in [-0.2, -0.15) is 0 Å². The summed E-state index contributed by atoms with van der Waals surface area (Å²) in [5.41, 5.74) is 1.59. The van der Waals surface area contributed by atoms with E-state index in [-0.39, 0.29) is 24.0 Å². The standard InChI is InChI=1S/C12H20N4O2/c1-7-11(14-18-13-7)6-16-9(3)8(2)15(5)12(17)10(16)4/h8-10H,6H2,1-5H3/t8-,9+,10-/m1/s1. The second-order valence-electron chi connectivity index (χ2n) is 5.07. The Labute approximate surface area is 107 Å². The molecule has 0 saturated carbocycles. The minimum atomic E-state index is -0.141. The van der Waals surface area contributed by atoms with E-state index in [0.717, 1.165) is 11.4 Å². The second kappa shape index (κ2) is 4.68. The highest BCUT2D eigenvalue weighted by Crippen LogP contribution is 2.23. The number of aromatic nitrogens is 2. The van der Waals surface area contributed by atoms with Crippen LogP contribution in [0.4, 0.5) is 0 Å². The van der Waals surface area contributed by atoms with Crippen molar-refractivity contribution in [2.24, 2.45) is 0 Å². The Hall–Kier alpha value is -1.43. The van der Waals surface area contributed by atoms with Crippen molar-refractivity contribution in [1.82, 2.24) is 20.1 Å². The number of aryl methyl sites for hydroxylation is 1. The molecule has 6 nitrogen and oxygen atoms in total. The lowest BCUT2D eigenvalue weighted by molar-refractivity contribution is -0.146. The Morgan fingerprint density at radius 2 is 1.89 bits per heavy atom. The number of carbonyl (C=O) groups is 1. The molecule has 100 valence electrons. The van der Waals surface area contributed by atoms with Crippen molar-refractivity contribution in [2.75, 3.05) is 7.05 Å². The topological polar surface area (TPSA) is 62.5 Å². The summed E-state index contributed by atoms with van der Waals surface area (Å²) in [5, 5.41) is 7.67. The fraction of sp³-hybridized carbons (Fsp3) is 0.750. The van der Waals surface area contributed by atoms with Gasteiger partial charge in [0.05, 0.1) is 6.04 Å². The zero-order valence-electron chi connectivity index (χ0n) is 11.5. The van der Waals surface area contributed by atoms with Gasteiger partial charge in [0.2, 0.25) is 5.91 Å². The summed E-state index contributed by atoms with van der Waals surface area (Å²) in [6.45, 7) is 8.59. The zero-order chi connectivity index (χ0) is 13.4. The van der Waals surface area contributed by atoms with Gasteiger partial charge < -0.3 is 4.90 Å². The minimum Gasteiger partial charge on any atom is -0.340 e. The highest BCUT2D eigenvalue weighted by atomic mass is 16.6. The molecule has 1 aliphatic rings. The van der Waals surface area contributed by atoms with Gasteiger partial charge in [0.25, 0.3) is 0 Å². The fourth-order valence-corrected chi connectivity index (χ4v) is 2.44. The van der Waals surface area contributed by atoms with Crippen LogP contribution < -0.4 is 0 Å². The third kappa shape index (κ3) is 2.01. The van der Waals surface area contributed by atoms with Crippen LogP contribution in [0.15, 0.2) is 4.63 Å². The molecule has 0 bridgehead atoms. The van der Waals surface area contributed by atoms with Crippen LogP contribution in [0.1, 0.15) is 32.2 Å². The molecule has 3 atom stereocenters. The molecule has 1 fully saturated rings. The van der Waals surface area contributed by atoms with Crippen LogP contribution in [0.5, 0.6) is 0 Å². The smallest absolute Gasteiger partial charge is 0.239 e. The molecule has 1 aliphatic heterocycles. The third-order valence-electron chi connectivity index (χ3n) is 4.11. The molecule has 0 unspecified atom stereocenters. The van der Waals surface area contributed by atoms with E-state index in [4.69, 9.17) is 4.63 Å². The second-order valence-corrected chi connectivity index (χ2v) is 5.07. The Kier molecular flexibility index (Phi) is 3.38. The van der Waals surface area contributed by atoms with Gasteiger partial charge in [0.15, 0.2) is 0 Å². The van der Waals surface area contributed by atoms with Crippen LogP contribution in [0.2, 0.25) is 0 Å². The molecule has 0 spiro atoms. The maximum absolute atomic E-state index is 12.1. The lowest BCUT2D eigenvalue weighted by Crippen LogP contribution is -2.62. The van der Waals surface area contributed by atoms with E-state index < -0.39 is 0 Å². The Morgan fingerprint density at radius 1 is 1.22 bits per heavy atom. The van der Waals surface area contributed by atoms with Crippen molar-refractivity contribution in [3.8, 4) is 0 Å². The predicted octanol–water partition coefficient (Wildman–Crippen LogP) is 0.818. The first-order valence-corrected chi connectivity index (χ1v) is 6.24. The number of hydrogen-bond donors (Lipinski definition) is 0. The van der Waals surface area contributed by atoms with Gasteiger partial charge in [0, 0.05) is 25.7 Å². The number of carbonyl (C=O) groups excluding carboxylic acids is 1. The molecule has 0 N–H and O–H groups in total. The van der Waals surface area contributed by atoms with Crippen molar-refractivity contribution in [1.29, 1.82) is 0 Å². The normalized spacial score (nSPS) is 29.9. The first-order chi connectivity index (χ1) is 8.43. The Bertz CT molecular complexity index is 445. The third-order valence-corrected chi connectivity index (χ3v) is 4.11. The molecule has 1 aromatic heterocycles. The first kappa shape index (κ1) is 13.0. The molecular formula is C12H20N4O2. The lowest BCUT2D eigenvalue weighted by Gasteiger charge is -2.46. The fourth-order valence-electron chi connectivity index (χ4n) is 2.44. The number of hydrogen-bond acceptors (Lipinski definition) is 5. The number of likely N-dealkylation sites (N-methyl/N-ethyl adjacent to an activating group) is 1. The van der Waals surface area contributed by atoms with Gasteiger partial charge in [-0.1, -0.05) is 10.3 Å². The Balaban J connectivity index is 2.21. The molecule has 0 radical (unpaired) electrons. The summed E-state index contributed by atoms with van der Waals surface area (Å²) in [4.78, 5) is 16.1. The zero-order valence-corrected chi connectivity index (χ0v) is 11.5. The van der Waals surface area contributed by atoms with Crippen LogP contribution in [0, 0.1) is 6.92 Å². The van der Waals surface area contributed by atoms with E-state index in [1.807, 2.05) is 25.8 Å². The molecule has 1 amide bonds. The maximum atomic E-state index is 12.1. The number of rotatable bonds is 2. The van der Waals surface area contributed by atoms with Crippen LogP contribution in [0.3, 0.4) is 0 Å². The number of nitrogens with zero attached hydrogens (tertiary/aromatic N) is 4. The molecule has 6 heteroatoms. The van der Waals surface area contributed by atoms with Crippen molar-refractivity contribution in [2.45, 2.75) is 52.4 Å². The Morgan fingerprint density at radius 3 is 2.44 bits per heavy atom. The summed E-state index contributed by atoms with van der Waals surface area (Å²) >= 11 is 0. The van der Waals surface area contributed by atoms with E-state index in [1.165, 1.54) is 0 Å². The largest absolute Gasteiger partial charge is 0.340 e. The van der Waals surface area contributed by atoms with Crippen LogP contribution in [-0.2, 0) is 11.3 Å². The first-order valence-electron chi connectivity index (χ1n) is 6.24. The SMILES string of the molecule is Cc1nonc1CN1[C@H](C)C(=O)N(C)[C@H](C)[C@@H]1C. The van der Waals surface area contributed by atoms with Crippen LogP contribution in [0.25, 0.3) is 0 Å². The molecule has 0 aliphatic carbocycles. The molecule has 2 heterocycles. The van der Waals surface area contributed by atoms with Crippen LogP contribution in [-0.4, -0.2) is 51.2 Å². The number of amides is 1. The minimum absolute atomic E-state index is 0.141. The van der Waals surface area contributed by atoms with Gasteiger partial charge in [-0.15, -0.1) is 0 Å². The molecular weight excluding hydrogens is 232 g/mol. The molecule has 1 saturated heterocycles. The number of piperazine rings is 1. The van der Waals surface area contributed by atoms with E-state index in [2.05, 4.69) is 29.1 Å². The maximum Gasteiger partial charge on any atom is 0.239 e. The van der Waals surface area contributed by atoms with E-state index in [9.17, 15) is 4.79 Å². The van der Waals surface area contributed by atoms with Gasteiger partial charge in [-0.05, 0) is 27.7 Å². The highest BCUT2D eigenvalue weighted by molar-refractivity contribution is 5.82. The van der Waals surface area contributed by atoms with Gasteiger partial charge in [-0.3, -0.25) is 9.69 Å². The van der Waals surface area contributed by atoms with Gasteiger partial charge >= 0.3 is 0 Å². The van der Waals surface area contributed by atoms with E-state index in [0.29, 0.717) is 6.54 Å². The summed E-state index contributed by atoms with van der Waals surface area (Å²) in [6.07, 6.45) is 0. The highest BCUT2D eigenvalue weighted by Gasteiger charge is 2.39. The quantitative estimate of drug-likeness (QED) is 0.779. The lowest BCUT2D eigenvalue weighted by atomic mass is 10.00. The monoisotopic (exact) mass is 252 g/mol. The van der Waals surface area contributed by atoms with Gasteiger partial charge in [-0.25, -0.2) is 4.63 Å². The summed E-state index contributed by atoms with van der Waals surface area (Å²) in [7, 11) is 1.86. The molecule has 1 aromatic rings. The summed E-state index contributed by atoms with van der Waals surface area (Å²) in [5.74, 6) is 0.148. The average molecular weight is 252 g/mol. The predicted molar refractivity (Wildman–Crippen MR) is 65.7 cm³/mol. The van der Waals surface area contributed by atoms with Crippen LogP contribution >= 0.6 is 0 Å². The summed E-state index contributed by atoms with van der Waals surface area (Å²) in [6, 6.07) is 0.324. The van der Waals surface area contributed by atoms with Crippen molar-refractivity contribution in [3.63, 3.8) is 0 Å². The molecule has 0 aromatic carbocycles. The van der Waals surface area contributed by atoms with Crippen molar-refractivity contribution >= 4 is 5.91 Å². The molecule has 18 heavy (non-hydrogen) atoms. The van der Waals surface area contributed by atoms with E-state index >= 15 is 0 Å². The van der Waals surface area contributed by atoms with Gasteiger partial charge in [0.1, 0.15) is 11.4 Å². The van der Waals surface area contributed by atoms with Crippen molar-refractivity contribution in [3.05, 3.63) is 11.4 Å². The van der Waals surface area contributed by atoms with Crippen molar-refractivity contribution < 1.29 is 9.42 Å². The molecule has 2 rings (SSSR count).